The Labute approximate surface area is 118 Å². The molecular formula is C12H19N3O4S. The van der Waals surface area contributed by atoms with Crippen molar-refractivity contribution in [1.29, 1.82) is 0 Å². The van der Waals surface area contributed by atoms with E-state index >= 15 is 0 Å². The van der Waals surface area contributed by atoms with Gasteiger partial charge >= 0.3 is 5.97 Å². The van der Waals surface area contributed by atoms with E-state index in [0.29, 0.717) is 38.2 Å². The van der Waals surface area contributed by atoms with E-state index in [9.17, 15) is 13.2 Å². The number of carbonyl (C=O) groups is 1. The van der Waals surface area contributed by atoms with E-state index in [1.54, 1.807) is 0 Å². The van der Waals surface area contributed by atoms with Gasteiger partial charge in [-0.3, -0.25) is 4.79 Å². The summed E-state index contributed by atoms with van der Waals surface area (Å²) in [5.41, 5.74) is 0. The smallest absolute Gasteiger partial charge is 0.308 e. The van der Waals surface area contributed by atoms with Crippen LogP contribution in [0.1, 0.15) is 25.6 Å². The Kier molecular flexibility index (Phi) is 4.44. The molecule has 1 aliphatic heterocycles. The largest absolute Gasteiger partial charge is 0.469 e. The molecule has 0 atom stereocenters. The number of imidazole rings is 1. The molecule has 112 valence electrons. The van der Waals surface area contributed by atoms with Crippen molar-refractivity contribution in [2.24, 2.45) is 5.92 Å². The zero-order valence-electron chi connectivity index (χ0n) is 11.6. The van der Waals surface area contributed by atoms with E-state index in [0.717, 1.165) is 0 Å². The highest BCUT2D eigenvalue weighted by atomic mass is 32.2. The Balaban J connectivity index is 2.07. The lowest BCUT2D eigenvalue weighted by Crippen LogP contribution is -2.40. The molecule has 2 rings (SSSR count). The van der Waals surface area contributed by atoms with E-state index in [-0.39, 0.29) is 16.9 Å². The van der Waals surface area contributed by atoms with Crippen molar-refractivity contribution in [3.8, 4) is 0 Å². The molecule has 2 heterocycles. The van der Waals surface area contributed by atoms with E-state index in [1.807, 2.05) is 6.92 Å². The van der Waals surface area contributed by atoms with Gasteiger partial charge in [0, 0.05) is 19.5 Å². The fourth-order valence-corrected chi connectivity index (χ4v) is 3.69. The van der Waals surface area contributed by atoms with E-state index < -0.39 is 10.0 Å². The van der Waals surface area contributed by atoms with Crippen molar-refractivity contribution < 1.29 is 17.9 Å². The summed E-state index contributed by atoms with van der Waals surface area (Å²) in [5.74, 6) is 0.171. The summed E-state index contributed by atoms with van der Waals surface area (Å²) in [5, 5.41) is 0.117. The van der Waals surface area contributed by atoms with Crippen molar-refractivity contribution in [3.63, 3.8) is 0 Å². The number of aryl methyl sites for hydroxylation is 1. The fourth-order valence-electron chi connectivity index (χ4n) is 2.29. The first-order valence-corrected chi connectivity index (χ1v) is 8.05. The van der Waals surface area contributed by atoms with Gasteiger partial charge in [0.1, 0.15) is 5.82 Å². The molecule has 0 radical (unpaired) electrons. The van der Waals surface area contributed by atoms with Crippen molar-refractivity contribution in [1.82, 2.24) is 14.3 Å². The third-order valence-corrected chi connectivity index (χ3v) is 5.35. The maximum Gasteiger partial charge on any atom is 0.308 e. The number of aromatic amines is 1. The van der Waals surface area contributed by atoms with Crippen LogP contribution in [0.5, 0.6) is 0 Å². The van der Waals surface area contributed by atoms with E-state index in [2.05, 4.69) is 14.7 Å². The molecule has 0 aliphatic carbocycles. The number of carbonyl (C=O) groups excluding carboxylic acids is 1. The van der Waals surface area contributed by atoms with Gasteiger partial charge in [0.2, 0.25) is 0 Å². The highest BCUT2D eigenvalue weighted by molar-refractivity contribution is 7.89. The Morgan fingerprint density at radius 3 is 2.65 bits per heavy atom. The van der Waals surface area contributed by atoms with Crippen molar-refractivity contribution >= 4 is 16.0 Å². The molecule has 0 saturated carbocycles. The minimum atomic E-state index is -3.54. The predicted molar refractivity (Wildman–Crippen MR) is 71.5 cm³/mol. The number of H-pyrrole nitrogens is 1. The monoisotopic (exact) mass is 301 g/mol. The number of methoxy groups -OCH3 is 1. The number of rotatable bonds is 4. The Morgan fingerprint density at radius 2 is 2.15 bits per heavy atom. The normalized spacial score (nSPS) is 18.1. The molecule has 1 aromatic rings. The first-order valence-electron chi connectivity index (χ1n) is 6.61. The van der Waals surface area contributed by atoms with Gasteiger partial charge in [-0.15, -0.1) is 0 Å². The maximum atomic E-state index is 12.4. The molecule has 0 aromatic carbocycles. The zero-order chi connectivity index (χ0) is 14.8. The first-order chi connectivity index (χ1) is 9.48. The predicted octanol–water partition coefficient (Wildman–Crippen LogP) is 0.546. The minimum Gasteiger partial charge on any atom is -0.469 e. The molecule has 0 bridgehead atoms. The number of nitrogens with one attached hydrogen (secondary N) is 1. The summed E-state index contributed by atoms with van der Waals surface area (Å²) in [6.07, 6.45) is 2.97. The van der Waals surface area contributed by atoms with Crippen LogP contribution < -0.4 is 0 Å². The van der Waals surface area contributed by atoms with Crippen LogP contribution in [0.2, 0.25) is 0 Å². The second-order valence-electron chi connectivity index (χ2n) is 4.75. The molecule has 1 aromatic heterocycles. The van der Waals surface area contributed by atoms with Gasteiger partial charge in [0.25, 0.3) is 10.0 Å². The Hall–Kier alpha value is -1.41. The van der Waals surface area contributed by atoms with Gasteiger partial charge in [-0.25, -0.2) is 13.4 Å². The molecular weight excluding hydrogens is 282 g/mol. The lowest BCUT2D eigenvalue weighted by molar-refractivity contribution is -0.146. The number of sulfonamides is 1. The zero-order valence-corrected chi connectivity index (χ0v) is 12.4. The van der Waals surface area contributed by atoms with Crippen LogP contribution in [0.4, 0.5) is 0 Å². The van der Waals surface area contributed by atoms with Crippen LogP contribution in [0, 0.1) is 5.92 Å². The molecule has 20 heavy (non-hydrogen) atoms. The minimum absolute atomic E-state index is 0.117. The molecule has 1 aliphatic rings. The summed E-state index contributed by atoms with van der Waals surface area (Å²) < 4.78 is 30.9. The molecule has 0 amide bonds. The van der Waals surface area contributed by atoms with Crippen LogP contribution in [0.25, 0.3) is 0 Å². The topological polar surface area (TPSA) is 92.4 Å². The fraction of sp³-hybridized carbons (Fsp3) is 0.667. The third kappa shape index (κ3) is 2.85. The standard InChI is InChI=1S/C12H19N3O4S/c1-3-10-13-8-11(14-10)20(17,18)15-6-4-9(5-7-15)12(16)19-2/h8-9H,3-7H2,1-2H3,(H,13,14). The molecule has 1 fully saturated rings. The van der Waals surface area contributed by atoms with Gasteiger partial charge in [0.15, 0.2) is 5.03 Å². The van der Waals surface area contributed by atoms with Crippen LogP contribution >= 0.6 is 0 Å². The summed E-state index contributed by atoms with van der Waals surface area (Å²) in [6.45, 7) is 2.54. The second-order valence-corrected chi connectivity index (χ2v) is 6.66. The molecule has 0 spiro atoms. The van der Waals surface area contributed by atoms with E-state index in [1.165, 1.54) is 17.6 Å². The molecule has 7 nitrogen and oxygen atoms in total. The first kappa shape index (κ1) is 15.0. The van der Waals surface area contributed by atoms with Gasteiger partial charge < -0.3 is 9.72 Å². The van der Waals surface area contributed by atoms with Crippen molar-refractivity contribution in [2.75, 3.05) is 20.2 Å². The molecule has 1 saturated heterocycles. The van der Waals surface area contributed by atoms with Crippen LogP contribution in [0.3, 0.4) is 0 Å². The van der Waals surface area contributed by atoms with Gasteiger partial charge in [-0.1, -0.05) is 6.92 Å². The number of piperidine rings is 1. The van der Waals surface area contributed by atoms with Crippen LogP contribution in [0.15, 0.2) is 11.2 Å². The van der Waals surface area contributed by atoms with Crippen LogP contribution in [-0.4, -0.2) is 48.9 Å². The number of aromatic nitrogens is 2. The Morgan fingerprint density at radius 1 is 1.50 bits per heavy atom. The second kappa shape index (κ2) is 5.92. The average molecular weight is 301 g/mol. The number of ether oxygens (including phenoxy) is 1. The SMILES string of the molecule is CCc1ncc(S(=O)(=O)N2CCC(C(=O)OC)CC2)[nH]1. The molecule has 1 N–H and O–H groups in total. The van der Waals surface area contributed by atoms with Crippen molar-refractivity contribution in [3.05, 3.63) is 12.0 Å². The third-order valence-electron chi connectivity index (χ3n) is 3.55. The number of esters is 1. The van der Waals surface area contributed by atoms with Gasteiger partial charge in [0.05, 0.1) is 19.2 Å². The number of hydrogen-bond acceptors (Lipinski definition) is 5. The molecule has 0 unspecified atom stereocenters. The quantitative estimate of drug-likeness (QED) is 0.820. The summed E-state index contributed by atoms with van der Waals surface area (Å²) in [4.78, 5) is 18.3. The highest BCUT2D eigenvalue weighted by Crippen LogP contribution is 2.23. The maximum absolute atomic E-state index is 12.4. The lowest BCUT2D eigenvalue weighted by atomic mass is 9.99. The average Bonchev–Trinajstić information content (AvgIpc) is 2.96. The molecule has 8 heteroatoms. The van der Waals surface area contributed by atoms with Crippen molar-refractivity contribution in [2.45, 2.75) is 31.2 Å². The summed E-state index contributed by atoms with van der Waals surface area (Å²) in [6, 6.07) is 0. The van der Waals surface area contributed by atoms with E-state index in [4.69, 9.17) is 0 Å². The highest BCUT2D eigenvalue weighted by Gasteiger charge is 2.33. The number of hydrogen-bond donors (Lipinski definition) is 1. The van der Waals surface area contributed by atoms with Crippen LogP contribution in [-0.2, 0) is 26.0 Å². The summed E-state index contributed by atoms with van der Waals surface area (Å²) in [7, 11) is -2.19. The van der Waals surface area contributed by atoms with Gasteiger partial charge in [-0.2, -0.15) is 4.31 Å². The van der Waals surface area contributed by atoms with Gasteiger partial charge in [-0.05, 0) is 12.8 Å². The number of nitrogens with zero attached hydrogens (tertiary/aromatic N) is 2. The summed E-state index contributed by atoms with van der Waals surface area (Å²) >= 11 is 0. The Bertz CT molecular complexity index is 573. The lowest BCUT2D eigenvalue weighted by Gasteiger charge is -2.29.